The Hall–Kier alpha value is -2.12. The maximum Gasteiger partial charge on any atom is 0.161 e. The third-order valence-corrected chi connectivity index (χ3v) is 3.39. The minimum atomic E-state index is -0.0220. The van der Waals surface area contributed by atoms with Crippen molar-refractivity contribution in [3.05, 3.63) is 63.6 Å². The lowest BCUT2D eigenvalue weighted by atomic mass is 10.1. The first kappa shape index (κ1) is 14.3. The molecule has 0 saturated heterocycles. The van der Waals surface area contributed by atoms with Crippen LogP contribution in [-0.2, 0) is 6.54 Å². The van der Waals surface area contributed by atoms with Crippen molar-refractivity contribution < 1.29 is 4.79 Å². The number of hydrogen-bond acceptors (Lipinski definition) is 3. The maximum atomic E-state index is 11.6. The summed E-state index contributed by atoms with van der Waals surface area (Å²) in [6.07, 6.45) is 0. The van der Waals surface area contributed by atoms with Gasteiger partial charge in [-0.25, -0.2) is 0 Å². The van der Waals surface area contributed by atoms with Gasteiger partial charge in [0.2, 0.25) is 0 Å². The van der Waals surface area contributed by atoms with Crippen molar-refractivity contribution in [2.45, 2.75) is 13.5 Å². The number of nitriles is 1. The van der Waals surface area contributed by atoms with E-state index < -0.39 is 0 Å². The number of ketones is 1. The molecule has 2 rings (SSSR count). The van der Waals surface area contributed by atoms with Crippen molar-refractivity contribution in [1.29, 1.82) is 5.26 Å². The number of anilines is 1. The van der Waals surface area contributed by atoms with E-state index in [1.54, 1.807) is 18.2 Å². The van der Waals surface area contributed by atoms with E-state index in [1.807, 2.05) is 24.3 Å². The van der Waals surface area contributed by atoms with E-state index in [9.17, 15) is 4.79 Å². The van der Waals surface area contributed by atoms with Crippen LogP contribution >= 0.6 is 15.9 Å². The van der Waals surface area contributed by atoms with E-state index >= 15 is 0 Å². The van der Waals surface area contributed by atoms with Crippen LogP contribution in [0.4, 0.5) is 5.69 Å². The lowest BCUT2D eigenvalue weighted by Crippen LogP contribution is -2.05. The van der Waals surface area contributed by atoms with Crippen LogP contribution in [0.3, 0.4) is 0 Å². The molecule has 0 radical (unpaired) electrons. The molecule has 0 atom stereocenters. The quantitative estimate of drug-likeness (QED) is 0.858. The number of benzene rings is 2. The SMILES string of the molecule is CC(=O)c1ccc(C#N)cc1NCc1cccc(Br)c1. The summed E-state index contributed by atoms with van der Waals surface area (Å²) in [7, 11) is 0. The predicted octanol–water partition coefficient (Wildman–Crippen LogP) is 4.14. The fourth-order valence-corrected chi connectivity index (χ4v) is 2.36. The Labute approximate surface area is 126 Å². The van der Waals surface area contributed by atoms with Crippen LogP contribution in [0.15, 0.2) is 46.9 Å². The van der Waals surface area contributed by atoms with Gasteiger partial charge in [0.25, 0.3) is 0 Å². The molecule has 0 fully saturated rings. The summed E-state index contributed by atoms with van der Waals surface area (Å²) in [5.74, 6) is -0.0220. The van der Waals surface area contributed by atoms with Crippen LogP contribution in [0.25, 0.3) is 0 Å². The molecule has 2 aromatic carbocycles. The highest BCUT2D eigenvalue weighted by Gasteiger charge is 2.08. The molecule has 4 heteroatoms. The molecule has 3 nitrogen and oxygen atoms in total. The normalized spacial score (nSPS) is 9.85. The van der Waals surface area contributed by atoms with Gasteiger partial charge in [0.15, 0.2) is 5.78 Å². The van der Waals surface area contributed by atoms with Crippen molar-refractivity contribution in [1.82, 2.24) is 0 Å². The Morgan fingerprint density at radius 2 is 2.10 bits per heavy atom. The van der Waals surface area contributed by atoms with Gasteiger partial charge in [0.05, 0.1) is 11.6 Å². The highest BCUT2D eigenvalue weighted by atomic mass is 79.9. The van der Waals surface area contributed by atoms with Gasteiger partial charge in [-0.3, -0.25) is 4.79 Å². The average molecular weight is 329 g/mol. The summed E-state index contributed by atoms with van der Waals surface area (Å²) in [6, 6.07) is 15.0. The van der Waals surface area contributed by atoms with Crippen molar-refractivity contribution in [3.63, 3.8) is 0 Å². The molecule has 0 unspecified atom stereocenters. The highest BCUT2D eigenvalue weighted by molar-refractivity contribution is 9.10. The molecule has 1 N–H and O–H groups in total. The second-order valence-electron chi connectivity index (χ2n) is 4.41. The number of rotatable bonds is 4. The second-order valence-corrected chi connectivity index (χ2v) is 5.33. The number of halogens is 1. The Morgan fingerprint density at radius 1 is 1.30 bits per heavy atom. The van der Waals surface area contributed by atoms with Crippen LogP contribution in [0.5, 0.6) is 0 Å². The van der Waals surface area contributed by atoms with Gasteiger partial charge in [0, 0.05) is 22.3 Å². The summed E-state index contributed by atoms with van der Waals surface area (Å²) in [5, 5.41) is 12.2. The molecule has 0 aromatic heterocycles. The Kier molecular flexibility index (Phi) is 4.54. The van der Waals surface area contributed by atoms with E-state index in [-0.39, 0.29) is 5.78 Å². The predicted molar refractivity (Wildman–Crippen MR) is 82.6 cm³/mol. The van der Waals surface area contributed by atoms with Crippen LogP contribution in [0, 0.1) is 11.3 Å². The number of Topliss-reactive ketones (excluding diaryl/α,β-unsaturated/α-hetero) is 1. The summed E-state index contributed by atoms with van der Waals surface area (Å²) in [4.78, 5) is 11.6. The zero-order valence-electron chi connectivity index (χ0n) is 11.0. The third-order valence-electron chi connectivity index (χ3n) is 2.90. The molecule has 0 amide bonds. The average Bonchev–Trinajstić information content (AvgIpc) is 2.44. The zero-order chi connectivity index (χ0) is 14.5. The lowest BCUT2D eigenvalue weighted by molar-refractivity contribution is 0.101. The fraction of sp³-hybridized carbons (Fsp3) is 0.125. The molecule has 0 aliphatic carbocycles. The number of nitrogens with zero attached hydrogens (tertiary/aromatic N) is 1. The maximum absolute atomic E-state index is 11.6. The standard InChI is InChI=1S/C16H13BrN2O/c1-11(20)15-6-5-12(9-18)8-16(15)19-10-13-3-2-4-14(17)7-13/h2-8,19H,10H2,1H3. The minimum Gasteiger partial charge on any atom is -0.380 e. The van der Waals surface area contributed by atoms with Crippen molar-refractivity contribution in [2.75, 3.05) is 5.32 Å². The van der Waals surface area contributed by atoms with Crippen molar-refractivity contribution in [3.8, 4) is 6.07 Å². The van der Waals surface area contributed by atoms with Crippen LogP contribution in [0.1, 0.15) is 28.4 Å². The summed E-state index contributed by atoms with van der Waals surface area (Å²) < 4.78 is 1.01. The van der Waals surface area contributed by atoms with Gasteiger partial charge in [-0.1, -0.05) is 28.1 Å². The lowest BCUT2D eigenvalue weighted by Gasteiger charge is -2.11. The smallest absolute Gasteiger partial charge is 0.161 e. The Balaban J connectivity index is 2.24. The fourth-order valence-electron chi connectivity index (χ4n) is 1.91. The van der Waals surface area contributed by atoms with Gasteiger partial charge < -0.3 is 5.32 Å². The Bertz CT molecular complexity index is 689. The number of carbonyl (C=O) groups is 1. The van der Waals surface area contributed by atoms with E-state index in [0.717, 1.165) is 10.0 Å². The molecule has 0 saturated carbocycles. The van der Waals surface area contributed by atoms with Crippen molar-refractivity contribution in [2.24, 2.45) is 0 Å². The largest absolute Gasteiger partial charge is 0.380 e. The van der Waals surface area contributed by atoms with E-state index in [2.05, 4.69) is 27.3 Å². The second kappa shape index (κ2) is 6.36. The number of hydrogen-bond donors (Lipinski definition) is 1. The Morgan fingerprint density at radius 3 is 2.75 bits per heavy atom. The van der Waals surface area contributed by atoms with E-state index in [0.29, 0.717) is 23.4 Å². The van der Waals surface area contributed by atoms with E-state index in [4.69, 9.17) is 5.26 Å². The summed E-state index contributed by atoms with van der Waals surface area (Å²) >= 11 is 3.42. The minimum absolute atomic E-state index is 0.0220. The molecule has 0 aliphatic rings. The molecule has 0 heterocycles. The molecule has 100 valence electrons. The first-order chi connectivity index (χ1) is 9.60. The number of carbonyl (C=O) groups excluding carboxylic acids is 1. The van der Waals surface area contributed by atoms with Crippen LogP contribution < -0.4 is 5.32 Å². The molecule has 0 aliphatic heterocycles. The van der Waals surface area contributed by atoms with E-state index in [1.165, 1.54) is 6.92 Å². The van der Waals surface area contributed by atoms with Gasteiger partial charge in [-0.05, 0) is 42.8 Å². The molecule has 20 heavy (non-hydrogen) atoms. The topological polar surface area (TPSA) is 52.9 Å². The summed E-state index contributed by atoms with van der Waals surface area (Å²) in [6.45, 7) is 2.11. The molecule has 0 spiro atoms. The van der Waals surface area contributed by atoms with Crippen LogP contribution in [0.2, 0.25) is 0 Å². The first-order valence-corrected chi connectivity index (χ1v) is 6.93. The zero-order valence-corrected chi connectivity index (χ0v) is 12.6. The van der Waals surface area contributed by atoms with Crippen LogP contribution in [-0.4, -0.2) is 5.78 Å². The molecular weight excluding hydrogens is 316 g/mol. The first-order valence-electron chi connectivity index (χ1n) is 6.13. The van der Waals surface area contributed by atoms with Gasteiger partial charge in [0.1, 0.15) is 0 Å². The van der Waals surface area contributed by atoms with Gasteiger partial charge in [-0.15, -0.1) is 0 Å². The molecule has 2 aromatic rings. The highest BCUT2D eigenvalue weighted by Crippen LogP contribution is 2.20. The van der Waals surface area contributed by atoms with Gasteiger partial charge >= 0.3 is 0 Å². The molecule has 0 bridgehead atoms. The molecular formula is C16H13BrN2O. The van der Waals surface area contributed by atoms with Gasteiger partial charge in [-0.2, -0.15) is 5.26 Å². The monoisotopic (exact) mass is 328 g/mol. The third kappa shape index (κ3) is 3.46. The van der Waals surface area contributed by atoms with Crippen molar-refractivity contribution >= 4 is 27.4 Å². The summed E-state index contributed by atoms with van der Waals surface area (Å²) in [5.41, 5.74) is 2.92. The number of nitrogens with one attached hydrogen (secondary N) is 1.